The molecule has 4 atom stereocenters. The number of methoxy groups -OCH3 is 2. The summed E-state index contributed by atoms with van der Waals surface area (Å²) in [5.74, 6) is 1.13. The van der Waals surface area contributed by atoms with E-state index in [-0.39, 0.29) is 49.2 Å². The molecule has 51 heavy (non-hydrogen) atoms. The molecule has 0 unspecified atom stereocenters. The summed E-state index contributed by atoms with van der Waals surface area (Å²) in [5, 5.41) is 18.7. The zero-order valence-electron chi connectivity index (χ0n) is 30.3. The number of amides is 5. The Morgan fingerprint density at radius 2 is 1.51 bits per heavy atom. The summed E-state index contributed by atoms with van der Waals surface area (Å²) in [7, 11) is 4.85. The van der Waals surface area contributed by atoms with Crippen LogP contribution in [0.25, 0.3) is 0 Å². The first-order chi connectivity index (χ1) is 24.5. The molecule has 0 aromatic heterocycles. The molecule has 4 N–H and O–H groups in total. The number of carbonyl (C=O) groups is 3. The SMILES string of the molecule is COc1ccc(NC(=O)Nc2ccc3c(c2)C(=O)N([C@@H](C)CO)C[C@@H](C)[C@@H](CN(C)C(=O)Nc2ccc(OC)cc2)OCCCC[C@@H](C)O3)cc1. The van der Waals surface area contributed by atoms with Gasteiger partial charge in [0.05, 0.1) is 44.6 Å². The molecule has 0 fully saturated rings. The Bertz CT molecular complexity index is 1590. The molecule has 1 aliphatic rings. The van der Waals surface area contributed by atoms with Crippen LogP contribution < -0.4 is 30.2 Å². The van der Waals surface area contributed by atoms with Crippen molar-refractivity contribution in [2.24, 2.45) is 5.92 Å². The van der Waals surface area contributed by atoms with Gasteiger partial charge in [-0.3, -0.25) is 4.79 Å². The number of aliphatic hydroxyl groups excluding tert-OH is 1. The molecule has 0 saturated carbocycles. The van der Waals surface area contributed by atoms with E-state index in [1.807, 2.05) is 13.8 Å². The first-order valence-electron chi connectivity index (χ1n) is 17.2. The predicted molar refractivity (Wildman–Crippen MR) is 197 cm³/mol. The second-order valence-corrected chi connectivity index (χ2v) is 12.9. The number of hydrogen-bond acceptors (Lipinski definition) is 8. The maximum atomic E-state index is 14.4. The van der Waals surface area contributed by atoms with E-state index in [0.29, 0.717) is 40.9 Å². The first-order valence-corrected chi connectivity index (χ1v) is 17.2. The van der Waals surface area contributed by atoms with Crippen molar-refractivity contribution < 1.29 is 38.4 Å². The van der Waals surface area contributed by atoms with Crippen LogP contribution in [0, 0.1) is 5.92 Å². The fourth-order valence-electron chi connectivity index (χ4n) is 5.68. The second-order valence-electron chi connectivity index (χ2n) is 12.9. The third kappa shape index (κ3) is 11.2. The van der Waals surface area contributed by atoms with Gasteiger partial charge in [0.15, 0.2) is 0 Å². The summed E-state index contributed by atoms with van der Waals surface area (Å²) in [5.41, 5.74) is 1.84. The lowest BCUT2D eigenvalue weighted by Crippen LogP contribution is -2.48. The Hall–Kier alpha value is -5.01. The molecule has 0 spiro atoms. The third-order valence-electron chi connectivity index (χ3n) is 8.80. The van der Waals surface area contributed by atoms with Gasteiger partial charge in [-0.05, 0) is 99.8 Å². The van der Waals surface area contributed by atoms with Crippen molar-refractivity contribution >= 4 is 35.0 Å². The van der Waals surface area contributed by atoms with Gasteiger partial charge in [-0.1, -0.05) is 6.92 Å². The highest BCUT2D eigenvalue weighted by Crippen LogP contribution is 2.29. The van der Waals surface area contributed by atoms with Crippen molar-refractivity contribution in [3.8, 4) is 17.2 Å². The number of nitrogens with zero attached hydrogens (tertiary/aromatic N) is 2. The van der Waals surface area contributed by atoms with Gasteiger partial charge in [-0.15, -0.1) is 0 Å². The van der Waals surface area contributed by atoms with E-state index >= 15 is 0 Å². The maximum Gasteiger partial charge on any atom is 0.323 e. The molecule has 13 heteroatoms. The molecule has 13 nitrogen and oxygen atoms in total. The molecule has 1 aliphatic heterocycles. The summed E-state index contributed by atoms with van der Waals surface area (Å²) in [6, 6.07) is 17.6. The molecule has 0 saturated heterocycles. The zero-order valence-corrected chi connectivity index (χ0v) is 30.3. The number of anilines is 3. The average molecular weight is 706 g/mol. The summed E-state index contributed by atoms with van der Waals surface area (Å²) < 4.78 is 23.1. The van der Waals surface area contributed by atoms with Crippen molar-refractivity contribution in [3.63, 3.8) is 0 Å². The Morgan fingerprint density at radius 3 is 2.12 bits per heavy atom. The van der Waals surface area contributed by atoms with E-state index in [4.69, 9.17) is 18.9 Å². The number of fused-ring (bicyclic) bond motifs is 1. The molecular weight excluding hydrogens is 654 g/mol. The van der Waals surface area contributed by atoms with Gasteiger partial charge in [0.1, 0.15) is 17.2 Å². The monoisotopic (exact) mass is 705 g/mol. The summed E-state index contributed by atoms with van der Waals surface area (Å²) in [4.78, 5) is 43.6. The fraction of sp³-hybridized carbons (Fsp3) is 0.447. The van der Waals surface area contributed by atoms with Crippen LogP contribution in [0.2, 0.25) is 0 Å². The number of aliphatic hydroxyl groups is 1. The van der Waals surface area contributed by atoms with Crippen LogP contribution in [0.15, 0.2) is 66.7 Å². The fourth-order valence-corrected chi connectivity index (χ4v) is 5.68. The number of carbonyl (C=O) groups excluding carboxylic acids is 3. The van der Waals surface area contributed by atoms with Crippen LogP contribution in [0.5, 0.6) is 17.2 Å². The van der Waals surface area contributed by atoms with E-state index in [9.17, 15) is 19.5 Å². The van der Waals surface area contributed by atoms with Crippen LogP contribution in [0.1, 0.15) is 50.4 Å². The Morgan fingerprint density at radius 1 is 0.922 bits per heavy atom. The van der Waals surface area contributed by atoms with Gasteiger partial charge in [0.2, 0.25) is 0 Å². The zero-order chi connectivity index (χ0) is 36.9. The minimum atomic E-state index is -0.551. The van der Waals surface area contributed by atoms with Crippen molar-refractivity contribution in [2.75, 3.05) is 63.5 Å². The van der Waals surface area contributed by atoms with Gasteiger partial charge in [-0.25, -0.2) is 9.59 Å². The standard InChI is InChI=1S/C38H51N5O8/c1-25-22-43(26(2)24-44)36(45)33-21-30(40-37(46)39-28-10-15-31(48-5)16-11-28)14-19-34(33)51-27(3)9-7-8-20-50-35(25)23-42(4)38(47)41-29-12-17-32(49-6)18-13-29/h10-19,21,25-27,35,44H,7-9,20,22-24H2,1-6H3,(H,41,47)(H2,39,40,46)/t25-,26+,27-,35-/m1/s1. The lowest BCUT2D eigenvalue weighted by Gasteiger charge is -2.35. The Balaban J connectivity index is 1.55. The molecule has 3 aromatic rings. The van der Waals surface area contributed by atoms with E-state index in [2.05, 4.69) is 16.0 Å². The molecular formula is C38H51N5O8. The van der Waals surface area contributed by atoms with E-state index < -0.39 is 18.2 Å². The Kier molecular flexibility index (Phi) is 14.3. The van der Waals surface area contributed by atoms with Crippen molar-refractivity contribution in [1.82, 2.24) is 9.80 Å². The number of ether oxygens (including phenoxy) is 4. The molecule has 3 aromatic carbocycles. The lowest BCUT2D eigenvalue weighted by atomic mass is 10.0. The topological polar surface area (TPSA) is 151 Å². The van der Waals surface area contributed by atoms with Crippen LogP contribution >= 0.6 is 0 Å². The van der Waals surface area contributed by atoms with Gasteiger partial charge < -0.3 is 49.8 Å². The summed E-state index contributed by atoms with van der Waals surface area (Å²) in [6.45, 7) is 6.38. The maximum absolute atomic E-state index is 14.4. The minimum absolute atomic E-state index is 0.206. The third-order valence-corrected chi connectivity index (χ3v) is 8.80. The van der Waals surface area contributed by atoms with E-state index in [1.54, 1.807) is 105 Å². The van der Waals surface area contributed by atoms with Gasteiger partial charge in [0.25, 0.3) is 5.91 Å². The number of hydrogen-bond donors (Lipinski definition) is 4. The first kappa shape index (κ1) is 38.8. The van der Waals surface area contributed by atoms with Gasteiger partial charge in [-0.2, -0.15) is 0 Å². The van der Waals surface area contributed by atoms with E-state index in [1.165, 1.54) is 0 Å². The highest BCUT2D eigenvalue weighted by Gasteiger charge is 2.31. The summed E-state index contributed by atoms with van der Waals surface area (Å²) in [6.07, 6.45) is 1.72. The van der Waals surface area contributed by atoms with Crippen LogP contribution in [0.4, 0.5) is 26.7 Å². The largest absolute Gasteiger partial charge is 0.497 e. The van der Waals surface area contributed by atoms with Crippen molar-refractivity contribution in [1.29, 1.82) is 0 Å². The number of urea groups is 2. The number of benzene rings is 3. The highest BCUT2D eigenvalue weighted by atomic mass is 16.5. The average Bonchev–Trinajstić information content (AvgIpc) is 3.13. The van der Waals surface area contributed by atoms with Gasteiger partial charge in [0, 0.05) is 49.7 Å². The Labute approximate surface area is 300 Å². The minimum Gasteiger partial charge on any atom is -0.497 e. The molecule has 1 heterocycles. The smallest absolute Gasteiger partial charge is 0.323 e. The number of likely N-dealkylation sites (N-methyl/N-ethyl adjacent to an activating group) is 1. The van der Waals surface area contributed by atoms with E-state index in [0.717, 1.165) is 19.3 Å². The summed E-state index contributed by atoms with van der Waals surface area (Å²) >= 11 is 0. The van der Waals surface area contributed by atoms with Crippen molar-refractivity contribution in [2.45, 2.75) is 58.3 Å². The number of nitrogens with one attached hydrogen (secondary N) is 3. The van der Waals surface area contributed by atoms with Gasteiger partial charge >= 0.3 is 12.1 Å². The predicted octanol–water partition coefficient (Wildman–Crippen LogP) is 6.31. The molecule has 0 aliphatic carbocycles. The normalized spacial score (nSPS) is 19.0. The van der Waals surface area contributed by atoms with Crippen LogP contribution in [0.3, 0.4) is 0 Å². The quantitative estimate of drug-likeness (QED) is 0.202. The molecule has 0 radical (unpaired) electrons. The van der Waals surface area contributed by atoms with Crippen LogP contribution in [-0.2, 0) is 4.74 Å². The number of rotatable bonds is 9. The molecule has 276 valence electrons. The van der Waals surface area contributed by atoms with Crippen LogP contribution in [-0.4, -0.2) is 98.7 Å². The molecule has 5 amide bonds. The lowest BCUT2D eigenvalue weighted by molar-refractivity contribution is -0.0115. The second kappa shape index (κ2) is 18.8. The van der Waals surface area contributed by atoms with Crippen molar-refractivity contribution in [3.05, 3.63) is 72.3 Å². The highest BCUT2D eigenvalue weighted by molar-refractivity contribution is 6.02. The molecule has 0 bridgehead atoms. The molecule has 4 rings (SSSR count).